The molecule has 1 aliphatic rings. The van der Waals surface area contributed by atoms with E-state index in [-0.39, 0.29) is 6.10 Å². The van der Waals surface area contributed by atoms with E-state index >= 15 is 0 Å². The van der Waals surface area contributed by atoms with Crippen LogP contribution in [0.3, 0.4) is 0 Å². The van der Waals surface area contributed by atoms with Crippen LogP contribution in [0.25, 0.3) is 0 Å². The molecule has 0 saturated carbocycles. The van der Waals surface area contributed by atoms with Gasteiger partial charge in [-0.25, -0.2) is 0 Å². The Bertz CT molecular complexity index is 431. The fourth-order valence-corrected chi connectivity index (χ4v) is 1.80. The zero-order valence-corrected chi connectivity index (χ0v) is 8.77. The molecule has 1 unspecified atom stereocenters. The van der Waals surface area contributed by atoms with Crippen molar-refractivity contribution in [3.8, 4) is 6.07 Å². The number of nitrogens with one attached hydrogen (secondary N) is 1. The summed E-state index contributed by atoms with van der Waals surface area (Å²) >= 11 is 0. The molecule has 1 heterocycles. The van der Waals surface area contributed by atoms with E-state index in [1.807, 2.05) is 6.07 Å². The minimum Gasteiger partial charge on any atom is -0.371 e. The second kappa shape index (κ2) is 4.88. The number of hydrogen-bond acceptors (Lipinski definition) is 4. The highest BCUT2D eigenvalue weighted by atomic mass is 16.5. The highest BCUT2D eigenvalue weighted by molar-refractivity contribution is 5.78. The molecule has 2 rings (SSSR count). The largest absolute Gasteiger partial charge is 0.371 e. The van der Waals surface area contributed by atoms with Crippen LogP contribution in [0.4, 0.5) is 0 Å². The van der Waals surface area contributed by atoms with Crippen molar-refractivity contribution in [2.75, 3.05) is 19.7 Å². The maximum absolute atomic E-state index is 11.0. The minimum absolute atomic E-state index is 0.0957. The molecular weight excluding hydrogens is 204 g/mol. The lowest BCUT2D eigenvalue weighted by Gasteiger charge is -2.24. The molecule has 0 bridgehead atoms. The molecule has 0 aliphatic carbocycles. The number of hydrogen-bond donors (Lipinski definition) is 1. The summed E-state index contributed by atoms with van der Waals surface area (Å²) in [4.78, 5) is 11.0. The standard InChI is InChI=1S/C12H12N2O2/c13-6-9-1-2-11(10(5-9)8-15)12-7-14-3-4-16-12/h1-2,5,8,12,14H,3-4,7H2. The first-order valence-corrected chi connectivity index (χ1v) is 5.16. The Morgan fingerprint density at radius 2 is 2.44 bits per heavy atom. The number of ether oxygens (including phenoxy) is 1. The van der Waals surface area contributed by atoms with Crippen LogP contribution in [0.5, 0.6) is 0 Å². The Kier molecular flexibility index (Phi) is 3.30. The first-order valence-electron chi connectivity index (χ1n) is 5.16. The van der Waals surface area contributed by atoms with E-state index in [9.17, 15) is 4.79 Å². The van der Waals surface area contributed by atoms with Crippen molar-refractivity contribution in [1.82, 2.24) is 5.32 Å². The van der Waals surface area contributed by atoms with Gasteiger partial charge in [-0.3, -0.25) is 4.79 Å². The fraction of sp³-hybridized carbons (Fsp3) is 0.333. The van der Waals surface area contributed by atoms with E-state index < -0.39 is 0 Å². The average molecular weight is 216 g/mol. The van der Waals surface area contributed by atoms with E-state index in [0.717, 1.165) is 18.4 Å². The average Bonchev–Trinajstić information content (AvgIpc) is 2.39. The second-order valence-electron chi connectivity index (χ2n) is 3.64. The third-order valence-electron chi connectivity index (χ3n) is 2.62. The molecule has 0 radical (unpaired) electrons. The molecule has 4 nitrogen and oxygen atoms in total. The van der Waals surface area contributed by atoms with Crippen molar-refractivity contribution in [2.24, 2.45) is 0 Å². The van der Waals surface area contributed by atoms with Gasteiger partial charge in [-0.2, -0.15) is 5.26 Å². The van der Waals surface area contributed by atoms with E-state index in [2.05, 4.69) is 5.32 Å². The molecule has 1 N–H and O–H groups in total. The second-order valence-corrected chi connectivity index (χ2v) is 3.64. The third kappa shape index (κ3) is 2.11. The summed E-state index contributed by atoms with van der Waals surface area (Å²) in [5, 5.41) is 12.0. The van der Waals surface area contributed by atoms with Crippen molar-refractivity contribution >= 4 is 6.29 Å². The summed E-state index contributed by atoms with van der Waals surface area (Å²) in [6, 6.07) is 7.11. The van der Waals surface area contributed by atoms with Crippen LogP contribution >= 0.6 is 0 Å². The Balaban J connectivity index is 2.32. The zero-order chi connectivity index (χ0) is 11.4. The lowest BCUT2D eigenvalue weighted by atomic mass is 10.00. The van der Waals surface area contributed by atoms with Gasteiger partial charge in [0.2, 0.25) is 0 Å². The van der Waals surface area contributed by atoms with Gasteiger partial charge in [-0.1, -0.05) is 6.07 Å². The maximum Gasteiger partial charge on any atom is 0.150 e. The predicted octanol–water partition coefficient (Wildman–Crippen LogP) is 1.03. The number of carbonyl (C=O) groups excluding carboxylic acids is 1. The van der Waals surface area contributed by atoms with Gasteiger partial charge in [0.1, 0.15) is 6.29 Å². The van der Waals surface area contributed by atoms with E-state index in [0.29, 0.717) is 24.3 Å². The smallest absolute Gasteiger partial charge is 0.150 e. The number of nitrogens with zero attached hydrogens (tertiary/aromatic N) is 1. The SMILES string of the molecule is N#Cc1ccc(C2CNCCO2)c(C=O)c1. The van der Waals surface area contributed by atoms with E-state index in [1.54, 1.807) is 18.2 Å². The molecule has 82 valence electrons. The number of rotatable bonds is 2. The van der Waals surface area contributed by atoms with E-state index in [1.165, 1.54) is 0 Å². The maximum atomic E-state index is 11.0. The molecule has 0 spiro atoms. The Labute approximate surface area is 93.8 Å². The number of benzene rings is 1. The molecule has 1 aromatic rings. The summed E-state index contributed by atoms with van der Waals surface area (Å²) in [6.07, 6.45) is 0.676. The van der Waals surface area contributed by atoms with Crippen LogP contribution in [0.15, 0.2) is 18.2 Å². The minimum atomic E-state index is -0.0957. The molecule has 1 saturated heterocycles. The predicted molar refractivity (Wildman–Crippen MR) is 58.1 cm³/mol. The lowest BCUT2D eigenvalue weighted by molar-refractivity contribution is 0.0273. The Morgan fingerprint density at radius 3 is 3.06 bits per heavy atom. The van der Waals surface area contributed by atoms with Crippen LogP contribution in [0.1, 0.15) is 27.6 Å². The Morgan fingerprint density at radius 1 is 1.56 bits per heavy atom. The highest BCUT2D eigenvalue weighted by Crippen LogP contribution is 2.22. The monoisotopic (exact) mass is 216 g/mol. The summed E-state index contributed by atoms with van der Waals surface area (Å²) in [7, 11) is 0. The summed E-state index contributed by atoms with van der Waals surface area (Å²) in [6.45, 7) is 2.18. The highest BCUT2D eigenvalue weighted by Gasteiger charge is 2.18. The van der Waals surface area contributed by atoms with Gasteiger partial charge in [-0.15, -0.1) is 0 Å². The van der Waals surface area contributed by atoms with Crippen molar-refractivity contribution in [2.45, 2.75) is 6.10 Å². The third-order valence-corrected chi connectivity index (χ3v) is 2.62. The number of nitriles is 1. The normalized spacial score (nSPS) is 20.1. The van der Waals surface area contributed by atoms with Crippen LogP contribution in [-0.2, 0) is 4.74 Å². The van der Waals surface area contributed by atoms with Gasteiger partial charge in [0.15, 0.2) is 0 Å². The molecule has 1 aliphatic heterocycles. The molecule has 0 amide bonds. The quantitative estimate of drug-likeness (QED) is 0.750. The molecule has 1 fully saturated rings. The van der Waals surface area contributed by atoms with Gasteiger partial charge in [0.25, 0.3) is 0 Å². The number of carbonyl (C=O) groups is 1. The van der Waals surface area contributed by atoms with Crippen molar-refractivity contribution < 1.29 is 9.53 Å². The van der Waals surface area contributed by atoms with Crippen molar-refractivity contribution in [3.05, 3.63) is 34.9 Å². The molecular formula is C12H12N2O2. The van der Waals surface area contributed by atoms with Gasteiger partial charge in [0.05, 0.1) is 24.3 Å². The molecule has 4 heteroatoms. The molecule has 1 aromatic carbocycles. The van der Waals surface area contributed by atoms with Gasteiger partial charge < -0.3 is 10.1 Å². The molecule has 1 atom stereocenters. The van der Waals surface area contributed by atoms with Crippen molar-refractivity contribution in [3.63, 3.8) is 0 Å². The summed E-state index contributed by atoms with van der Waals surface area (Å²) in [5.41, 5.74) is 1.88. The van der Waals surface area contributed by atoms with Gasteiger partial charge in [-0.05, 0) is 17.7 Å². The molecule has 0 aromatic heterocycles. The molecule has 16 heavy (non-hydrogen) atoms. The topological polar surface area (TPSA) is 62.1 Å². The fourth-order valence-electron chi connectivity index (χ4n) is 1.80. The Hall–Kier alpha value is -1.70. The van der Waals surface area contributed by atoms with Crippen LogP contribution in [0, 0.1) is 11.3 Å². The first-order chi connectivity index (χ1) is 7.85. The van der Waals surface area contributed by atoms with Crippen LogP contribution < -0.4 is 5.32 Å². The number of aldehydes is 1. The van der Waals surface area contributed by atoms with Crippen LogP contribution in [-0.4, -0.2) is 26.0 Å². The summed E-state index contributed by atoms with van der Waals surface area (Å²) < 4.78 is 5.58. The van der Waals surface area contributed by atoms with Crippen molar-refractivity contribution in [1.29, 1.82) is 5.26 Å². The van der Waals surface area contributed by atoms with Gasteiger partial charge >= 0.3 is 0 Å². The zero-order valence-electron chi connectivity index (χ0n) is 8.77. The van der Waals surface area contributed by atoms with Gasteiger partial charge in [0, 0.05) is 18.7 Å². The summed E-state index contributed by atoms with van der Waals surface area (Å²) in [5.74, 6) is 0. The van der Waals surface area contributed by atoms with Crippen LogP contribution in [0.2, 0.25) is 0 Å². The van der Waals surface area contributed by atoms with E-state index in [4.69, 9.17) is 10.00 Å². The lowest BCUT2D eigenvalue weighted by Crippen LogP contribution is -2.33. The number of morpholine rings is 1. The first kappa shape index (κ1) is 10.8.